The Labute approximate surface area is 346 Å². The van der Waals surface area contributed by atoms with E-state index in [1.165, 1.54) is 54.1 Å². The first-order valence-electron chi connectivity index (χ1n) is 20.4. The monoisotopic (exact) mass is 764 g/mol. The molecule has 280 valence electrons. The third-order valence-electron chi connectivity index (χ3n) is 11.9. The molecular weight excluding hydrogens is 729 g/mol. The third-order valence-corrected chi connectivity index (χ3v) is 11.9. The lowest BCUT2D eigenvalue weighted by molar-refractivity contribution is 1.19. The van der Waals surface area contributed by atoms with Gasteiger partial charge >= 0.3 is 0 Å². The van der Waals surface area contributed by atoms with Gasteiger partial charge in [0.15, 0.2) is 0 Å². The first-order valence-corrected chi connectivity index (χ1v) is 20.4. The summed E-state index contributed by atoms with van der Waals surface area (Å²) in [6.07, 6.45) is 0. The Bertz CT molecular complexity index is 3540. The van der Waals surface area contributed by atoms with Crippen LogP contribution >= 0.6 is 0 Å². The number of rotatable bonds is 6. The van der Waals surface area contributed by atoms with Crippen molar-refractivity contribution in [2.75, 3.05) is 4.90 Å². The molecule has 0 saturated carbocycles. The standard InChI is InChI=1S/C56H36N4/c1-4-18-37(19-5-1)53-54(58-50-31-17-16-30-49(50)57-53)38-32-34-41(35-33-38)60-55-47-29-15-12-26-44(47)51(59(39-20-6-2-7-21-39)40-22-8-3-9-23-40)36-48(55)52-45-27-13-10-24-42(45)43-25-11-14-28-46(43)56(52)60/h1-36H. The highest BCUT2D eigenvalue weighted by molar-refractivity contribution is 6.35. The highest BCUT2D eigenvalue weighted by Crippen LogP contribution is 2.49. The van der Waals surface area contributed by atoms with Gasteiger partial charge in [0.25, 0.3) is 0 Å². The molecular formula is C56H36N4. The van der Waals surface area contributed by atoms with Crippen LogP contribution in [0.3, 0.4) is 0 Å². The minimum Gasteiger partial charge on any atom is -0.310 e. The molecule has 0 atom stereocenters. The average molecular weight is 765 g/mol. The quantitative estimate of drug-likeness (QED) is 0.158. The van der Waals surface area contributed by atoms with E-state index in [9.17, 15) is 0 Å². The second kappa shape index (κ2) is 13.8. The SMILES string of the molecule is c1ccc(-c2nc3ccccc3nc2-c2ccc(-n3c4c5ccccc5c(N(c5ccccc5)c5ccccc5)cc4c4c5ccccc5c5ccccc5c43)cc2)cc1. The lowest BCUT2D eigenvalue weighted by Gasteiger charge is -2.27. The molecule has 4 nitrogen and oxygen atoms in total. The summed E-state index contributed by atoms with van der Waals surface area (Å²) in [7, 11) is 0. The zero-order valence-electron chi connectivity index (χ0n) is 32.6. The molecule has 0 fully saturated rings. The molecule has 0 spiro atoms. The van der Waals surface area contributed by atoms with E-state index in [-0.39, 0.29) is 0 Å². The van der Waals surface area contributed by atoms with Crippen molar-refractivity contribution in [2.45, 2.75) is 0 Å². The first-order chi connectivity index (χ1) is 29.8. The minimum atomic E-state index is 0.863. The van der Waals surface area contributed by atoms with Gasteiger partial charge in [0.2, 0.25) is 0 Å². The average Bonchev–Trinajstić information content (AvgIpc) is 3.68. The van der Waals surface area contributed by atoms with Crippen LogP contribution in [0.1, 0.15) is 0 Å². The fraction of sp³-hybridized carbons (Fsp3) is 0. The molecule has 0 aliphatic carbocycles. The number of aromatic nitrogens is 3. The second-order valence-corrected chi connectivity index (χ2v) is 15.3. The van der Waals surface area contributed by atoms with Crippen LogP contribution in [0.5, 0.6) is 0 Å². The maximum atomic E-state index is 5.23. The first kappa shape index (κ1) is 34.0. The van der Waals surface area contributed by atoms with Crippen LogP contribution in [-0.4, -0.2) is 14.5 Å². The normalized spacial score (nSPS) is 11.7. The summed E-state index contributed by atoms with van der Waals surface area (Å²) in [5.74, 6) is 0. The molecule has 4 heteroatoms. The Morgan fingerprint density at radius 2 is 0.767 bits per heavy atom. The topological polar surface area (TPSA) is 34.0 Å². The zero-order valence-corrected chi connectivity index (χ0v) is 32.6. The van der Waals surface area contributed by atoms with Crippen molar-refractivity contribution in [1.29, 1.82) is 0 Å². The van der Waals surface area contributed by atoms with Crippen molar-refractivity contribution in [3.8, 4) is 28.2 Å². The number of fused-ring (bicyclic) bond motifs is 11. The number of nitrogens with zero attached hydrogens (tertiary/aromatic N) is 4. The predicted octanol–water partition coefficient (Wildman–Crippen LogP) is 15.0. The van der Waals surface area contributed by atoms with E-state index in [2.05, 4.69) is 198 Å². The number of anilines is 3. The van der Waals surface area contributed by atoms with Crippen molar-refractivity contribution in [2.24, 2.45) is 0 Å². The number of hydrogen-bond donors (Lipinski definition) is 0. The molecule has 0 bridgehead atoms. The molecule has 60 heavy (non-hydrogen) atoms. The lowest BCUT2D eigenvalue weighted by atomic mass is 9.95. The smallest absolute Gasteiger partial charge is 0.0973 e. The summed E-state index contributed by atoms with van der Waals surface area (Å²) in [5.41, 5.74) is 12.3. The van der Waals surface area contributed by atoms with Gasteiger partial charge in [0, 0.05) is 55.1 Å². The van der Waals surface area contributed by atoms with Gasteiger partial charge < -0.3 is 9.47 Å². The third kappa shape index (κ3) is 5.32. The van der Waals surface area contributed by atoms with Crippen molar-refractivity contribution in [1.82, 2.24) is 14.5 Å². The Balaban J connectivity index is 1.18. The van der Waals surface area contributed by atoms with Gasteiger partial charge in [0.1, 0.15) is 0 Å². The van der Waals surface area contributed by atoms with Crippen LogP contribution in [0.15, 0.2) is 218 Å². The van der Waals surface area contributed by atoms with E-state index in [1.54, 1.807) is 0 Å². The van der Waals surface area contributed by atoms with Crippen LogP contribution < -0.4 is 4.90 Å². The van der Waals surface area contributed by atoms with Gasteiger partial charge in [-0.2, -0.15) is 0 Å². The molecule has 0 aliphatic heterocycles. The molecule has 12 aromatic rings. The molecule has 0 saturated heterocycles. The molecule has 10 aromatic carbocycles. The van der Waals surface area contributed by atoms with Gasteiger partial charge in [-0.15, -0.1) is 0 Å². The molecule has 0 amide bonds. The maximum Gasteiger partial charge on any atom is 0.0973 e. The van der Waals surface area contributed by atoms with Gasteiger partial charge in [-0.25, -0.2) is 9.97 Å². The number of benzene rings is 10. The molecule has 12 rings (SSSR count). The van der Waals surface area contributed by atoms with Crippen LogP contribution in [0.4, 0.5) is 17.1 Å². The maximum absolute atomic E-state index is 5.23. The Morgan fingerprint density at radius 1 is 0.333 bits per heavy atom. The summed E-state index contributed by atoms with van der Waals surface area (Å²) in [5, 5.41) is 9.73. The molecule has 0 radical (unpaired) electrons. The van der Waals surface area contributed by atoms with Crippen molar-refractivity contribution in [3.63, 3.8) is 0 Å². The van der Waals surface area contributed by atoms with Gasteiger partial charge in [-0.3, -0.25) is 0 Å². The second-order valence-electron chi connectivity index (χ2n) is 15.3. The number of hydrogen-bond acceptors (Lipinski definition) is 3. The van der Waals surface area contributed by atoms with E-state index in [1.807, 2.05) is 30.3 Å². The molecule has 0 N–H and O–H groups in total. The zero-order chi connectivity index (χ0) is 39.6. The fourth-order valence-corrected chi connectivity index (χ4v) is 9.30. The van der Waals surface area contributed by atoms with E-state index < -0.39 is 0 Å². The van der Waals surface area contributed by atoms with Crippen LogP contribution in [0.25, 0.3) is 93.4 Å². The molecule has 0 unspecified atom stereocenters. The molecule has 2 heterocycles. The molecule has 0 aliphatic rings. The predicted molar refractivity (Wildman–Crippen MR) is 252 cm³/mol. The van der Waals surface area contributed by atoms with Crippen LogP contribution in [-0.2, 0) is 0 Å². The Morgan fingerprint density at radius 3 is 1.35 bits per heavy atom. The van der Waals surface area contributed by atoms with E-state index >= 15 is 0 Å². The lowest BCUT2D eigenvalue weighted by Crippen LogP contribution is -2.10. The molecule has 2 aromatic heterocycles. The summed E-state index contributed by atoms with van der Waals surface area (Å²) >= 11 is 0. The van der Waals surface area contributed by atoms with Gasteiger partial charge in [-0.1, -0.05) is 164 Å². The number of para-hydroxylation sites is 4. The van der Waals surface area contributed by atoms with E-state index in [0.29, 0.717) is 0 Å². The Kier molecular flexibility index (Phi) is 7.82. The van der Waals surface area contributed by atoms with Crippen LogP contribution in [0.2, 0.25) is 0 Å². The van der Waals surface area contributed by atoms with Crippen molar-refractivity contribution in [3.05, 3.63) is 218 Å². The van der Waals surface area contributed by atoms with E-state index in [0.717, 1.165) is 56.3 Å². The van der Waals surface area contributed by atoms with Gasteiger partial charge in [-0.05, 0) is 70.8 Å². The summed E-state index contributed by atoms with van der Waals surface area (Å²) in [6.45, 7) is 0. The largest absolute Gasteiger partial charge is 0.310 e. The van der Waals surface area contributed by atoms with Crippen molar-refractivity contribution < 1.29 is 0 Å². The highest BCUT2D eigenvalue weighted by atomic mass is 15.1. The van der Waals surface area contributed by atoms with E-state index in [4.69, 9.17) is 9.97 Å². The summed E-state index contributed by atoms with van der Waals surface area (Å²) < 4.78 is 2.51. The fourth-order valence-electron chi connectivity index (χ4n) is 9.30. The van der Waals surface area contributed by atoms with Gasteiger partial charge in [0.05, 0.1) is 39.1 Å². The summed E-state index contributed by atoms with van der Waals surface area (Å²) in [4.78, 5) is 12.8. The van der Waals surface area contributed by atoms with Crippen LogP contribution in [0, 0.1) is 0 Å². The highest BCUT2D eigenvalue weighted by Gasteiger charge is 2.25. The van der Waals surface area contributed by atoms with Crippen molar-refractivity contribution >= 4 is 82.2 Å². The minimum absolute atomic E-state index is 0.863. The Hall–Kier alpha value is -8.08. The summed E-state index contributed by atoms with van der Waals surface area (Å²) in [6, 6.07) is 78.0.